The smallest absolute Gasteiger partial charge is 0.245 e. The summed E-state index contributed by atoms with van der Waals surface area (Å²) in [7, 11) is 0. The lowest BCUT2D eigenvalue weighted by Gasteiger charge is -2.30. The highest BCUT2D eigenvalue weighted by atomic mass is 16.3. The second-order valence-corrected chi connectivity index (χ2v) is 23.1. The van der Waals surface area contributed by atoms with Crippen LogP contribution >= 0.6 is 0 Å². The van der Waals surface area contributed by atoms with E-state index in [0.717, 1.165) is 51.4 Å². The first-order valence-electron chi connectivity index (χ1n) is 30.5. The van der Waals surface area contributed by atoms with Crippen LogP contribution in [-0.4, -0.2) is 187 Å². The van der Waals surface area contributed by atoms with Gasteiger partial charge in [0.1, 0.15) is 60.4 Å². The van der Waals surface area contributed by atoms with Crippen molar-refractivity contribution in [2.24, 2.45) is 46.4 Å². The molecule has 0 spiro atoms. The van der Waals surface area contributed by atoms with Gasteiger partial charge in [-0.3, -0.25) is 52.7 Å². The molecule has 29 heteroatoms. The van der Waals surface area contributed by atoms with Gasteiger partial charge in [-0.05, 0) is 122 Å². The zero-order valence-electron chi connectivity index (χ0n) is 50.9. The fraction of sp³-hybridized carbons (Fsp3) is 0.804. The minimum absolute atomic E-state index is 0.0106. The third kappa shape index (κ3) is 27.4. The highest BCUT2D eigenvalue weighted by Crippen LogP contribution is 2.28. The van der Waals surface area contributed by atoms with E-state index in [0.29, 0.717) is 12.3 Å². The molecule has 0 unspecified atom stereocenters. The number of carbonyl (C=O) groups is 11. The molecule has 486 valence electrons. The topological polar surface area (TPSA) is 491 Å². The van der Waals surface area contributed by atoms with Gasteiger partial charge in [-0.1, -0.05) is 79.1 Å². The van der Waals surface area contributed by atoms with E-state index in [9.17, 15) is 63.0 Å². The Kier molecular flexibility index (Phi) is 35.6. The van der Waals surface area contributed by atoms with Gasteiger partial charge in [0.2, 0.25) is 65.0 Å². The van der Waals surface area contributed by atoms with Crippen LogP contribution in [0.25, 0.3) is 0 Å². The number of unbranched alkanes of at least 4 members (excludes halogenated alkanes) is 1. The molecule has 2 rings (SSSR count). The maximum absolute atomic E-state index is 14.6. The molecule has 1 heterocycles. The Morgan fingerprint density at radius 3 is 1.54 bits per heavy atom. The number of nitrogens with two attached hydrogens (primary N) is 5. The number of aliphatic hydroxyl groups excluding tert-OH is 2. The Bertz CT molecular complexity index is 2150. The van der Waals surface area contributed by atoms with Crippen LogP contribution in [0.3, 0.4) is 0 Å². The van der Waals surface area contributed by atoms with Gasteiger partial charge in [-0.25, -0.2) is 0 Å². The van der Waals surface area contributed by atoms with E-state index < -0.39 is 151 Å². The molecule has 29 nitrogen and oxygen atoms in total. The second-order valence-electron chi connectivity index (χ2n) is 23.1. The van der Waals surface area contributed by atoms with E-state index in [1.165, 1.54) is 13.8 Å². The Morgan fingerprint density at radius 2 is 1.04 bits per heavy atom. The van der Waals surface area contributed by atoms with Crippen molar-refractivity contribution >= 4 is 65.0 Å². The molecule has 2 fully saturated rings. The van der Waals surface area contributed by atoms with Crippen LogP contribution in [0.15, 0.2) is 0 Å². The fourth-order valence-electron chi connectivity index (χ4n) is 10.0. The molecule has 2 aliphatic rings. The van der Waals surface area contributed by atoms with E-state index in [4.69, 9.17) is 28.7 Å². The van der Waals surface area contributed by atoms with Crippen molar-refractivity contribution in [3.8, 4) is 0 Å². The lowest BCUT2D eigenvalue weighted by atomic mass is 9.84. The zero-order valence-corrected chi connectivity index (χ0v) is 50.9. The number of amides is 11. The third-order valence-electron chi connectivity index (χ3n) is 15.3. The average Bonchev–Trinajstić information content (AvgIpc) is 3.67. The van der Waals surface area contributed by atoms with Gasteiger partial charge in [-0.15, -0.1) is 0 Å². The van der Waals surface area contributed by atoms with Gasteiger partial charge in [0.25, 0.3) is 0 Å². The quantitative estimate of drug-likeness (QED) is 0.0314. The number of hydrogen-bond donors (Lipinski definition) is 18. The fourth-order valence-corrected chi connectivity index (χ4v) is 10.0. The van der Waals surface area contributed by atoms with E-state index in [1.54, 1.807) is 0 Å². The summed E-state index contributed by atoms with van der Waals surface area (Å²) in [6.07, 6.45) is 3.67. The lowest BCUT2D eigenvalue weighted by molar-refractivity contribution is -0.137. The molecule has 23 N–H and O–H groups in total. The van der Waals surface area contributed by atoms with Crippen LogP contribution < -0.4 is 87.2 Å². The van der Waals surface area contributed by atoms with Gasteiger partial charge in [-0.2, -0.15) is 0 Å². The predicted molar refractivity (Wildman–Crippen MR) is 317 cm³/mol. The Labute approximate surface area is 500 Å². The van der Waals surface area contributed by atoms with Crippen molar-refractivity contribution in [2.75, 3.05) is 39.3 Å². The predicted octanol–water partition coefficient (Wildman–Crippen LogP) is -4.52. The summed E-state index contributed by atoms with van der Waals surface area (Å²) in [5.41, 5.74) is 29.4. The van der Waals surface area contributed by atoms with E-state index in [2.05, 4.69) is 72.3 Å². The second kappa shape index (κ2) is 40.3. The summed E-state index contributed by atoms with van der Waals surface area (Å²) < 4.78 is 0. The maximum Gasteiger partial charge on any atom is 0.245 e. The molecule has 13 atom stereocenters. The standard InChI is InChI=1S/C56H104N16O13/c1-7-32(4)13-11-12-16-44(75)63-36(17-23-57)51(80)72-46(34(6)74)56(85)68-39(20-26-60)48(77)67-41-22-28-62-55(84)45(33(5)73)71-52(81)40(21-27-61)65-47(76)37(18-24-58)66-53(82)42(29-31(2)3)69-54(83)43(30-35-14-9-8-10-15-35)70-49(78)38(19-25-59)64-50(41)79/h31-43,45-46,73-74H,7-30,57-61H2,1-6H3,(H,62,84)(H,63,75)(H,64,79)(H,65,76)(H,66,82)(H,67,77)(H,68,85)(H,69,83)(H,70,78)(H,71,81)(H,72,80)/t32-,33+,34+,36-,37-,38-,39-,40-,41-,42-,43+,45-,46-/m0/s1. The summed E-state index contributed by atoms with van der Waals surface area (Å²) in [6, 6.07) is -14.4. The van der Waals surface area contributed by atoms with Crippen LogP contribution in [-0.2, 0) is 52.7 Å². The highest BCUT2D eigenvalue weighted by molar-refractivity contribution is 5.99. The van der Waals surface area contributed by atoms with Crippen molar-refractivity contribution in [3.63, 3.8) is 0 Å². The van der Waals surface area contributed by atoms with Crippen LogP contribution in [0.2, 0.25) is 0 Å². The van der Waals surface area contributed by atoms with Crippen molar-refractivity contribution in [1.82, 2.24) is 58.5 Å². The molecule has 85 heavy (non-hydrogen) atoms. The molecule has 0 radical (unpaired) electrons. The maximum atomic E-state index is 14.6. The van der Waals surface area contributed by atoms with Gasteiger partial charge in [0.15, 0.2) is 0 Å². The summed E-state index contributed by atoms with van der Waals surface area (Å²) in [5.74, 6) is -9.10. The van der Waals surface area contributed by atoms with Gasteiger partial charge < -0.3 is 97.4 Å². The molecular formula is C56H104N16O13. The number of rotatable bonds is 29. The van der Waals surface area contributed by atoms with Gasteiger partial charge in [0, 0.05) is 13.0 Å². The molecule has 0 aromatic rings. The number of nitrogens with one attached hydrogen (secondary N) is 11. The minimum atomic E-state index is -1.69. The molecule has 1 aliphatic heterocycles. The number of aliphatic hydroxyl groups is 2. The van der Waals surface area contributed by atoms with E-state index in [1.807, 2.05) is 13.8 Å². The zero-order chi connectivity index (χ0) is 63.8. The van der Waals surface area contributed by atoms with Crippen LogP contribution in [0.5, 0.6) is 0 Å². The molecule has 1 saturated carbocycles. The van der Waals surface area contributed by atoms with Crippen LogP contribution in [0.4, 0.5) is 0 Å². The molecule has 11 amide bonds. The minimum Gasteiger partial charge on any atom is -0.391 e. The van der Waals surface area contributed by atoms with Crippen molar-refractivity contribution in [1.29, 1.82) is 0 Å². The SMILES string of the molecule is CC[C@H](C)CCCCC(=O)N[C@@H](CCN)C(=O)N[C@H](C(=O)N[C@@H](CCN)C(=O)N[C@H]1CCNC(=O)[C@H]([C@@H](C)O)NC(=O)[C@H](CCN)NC(=O)[C@H](CCN)NC(=O)[C@H](CC(C)C)NC(=O)[C@@H](CC2CCCCC2)NC(=O)[C@H](CCN)NC1=O)[C@@H](C)O. The Morgan fingerprint density at radius 1 is 0.541 bits per heavy atom. The molecule has 0 aromatic carbocycles. The normalized spacial score (nSPS) is 24.3. The highest BCUT2D eigenvalue weighted by Gasteiger charge is 2.38. The molecule has 0 aromatic heterocycles. The molecule has 0 bridgehead atoms. The van der Waals surface area contributed by atoms with Crippen LogP contribution in [0, 0.1) is 17.8 Å². The number of carbonyl (C=O) groups excluding carboxylic acids is 11. The molecule has 1 saturated heterocycles. The van der Waals surface area contributed by atoms with Crippen molar-refractivity contribution < 1.29 is 63.0 Å². The first kappa shape index (κ1) is 75.0. The Hall–Kier alpha value is -6.11. The Balaban J connectivity index is 2.66. The van der Waals surface area contributed by atoms with Gasteiger partial charge in [0.05, 0.1) is 12.2 Å². The third-order valence-corrected chi connectivity index (χ3v) is 15.3. The van der Waals surface area contributed by atoms with E-state index >= 15 is 0 Å². The number of hydrogen-bond acceptors (Lipinski definition) is 18. The average molecular weight is 1210 g/mol. The van der Waals surface area contributed by atoms with Crippen molar-refractivity contribution in [3.05, 3.63) is 0 Å². The molecule has 1 aliphatic carbocycles. The monoisotopic (exact) mass is 1210 g/mol. The summed E-state index contributed by atoms with van der Waals surface area (Å²) in [4.78, 5) is 154. The summed E-state index contributed by atoms with van der Waals surface area (Å²) in [6.45, 7) is 9.18. The molecular weight excluding hydrogens is 1100 g/mol. The first-order valence-corrected chi connectivity index (χ1v) is 30.5. The van der Waals surface area contributed by atoms with Crippen LogP contribution in [0.1, 0.15) is 157 Å². The van der Waals surface area contributed by atoms with Gasteiger partial charge >= 0.3 is 0 Å². The summed E-state index contributed by atoms with van der Waals surface area (Å²) >= 11 is 0. The van der Waals surface area contributed by atoms with E-state index in [-0.39, 0.29) is 95.9 Å². The largest absolute Gasteiger partial charge is 0.391 e. The van der Waals surface area contributed by atoms with Crippen molar-refractivity contribution in [2.45, 2.75) is 230 Å². The first-order chi connectivity index (χ1) is 40.3. The summed E-state index contributed by atoms with van der Waals surface area (Å²) in [5, 5.41) is 50.0. The lowest BCUT2D eigenvalue weighted by Crippen LogP contribution is -2.62.